The molecule has 12 heavy (non-hydrogen) atoms. The lowest BCUT2D eigenvalue weighted by Gasteiger charge is -2.39. The fourth-order valence-electron chi connectivity index (χ4n) is 1.80. The Balaban J connectivity index is 2.38. The van der Waals surface area contributed by atoms with Gasteiger partial charge in [0.25, 0.3) is 0 Å². The number of hydrogen-bond acceptors (Lipinski definition) is 2. The molecule has 0 aromatic carbocycles. The van der Waals surface area contributed by atoms with Crippen molar-refractivity contribution in [1.29, 1.82) is 0 Å². The van der Waals surface area contributed by atoms with Crippen LogP contribution in [0.2, 0.25) is 0 Å². The Kier molecular flexibility index (Phi) is 3.27. The number of carbonyl (C=O) groups excluding carboxylic acids is 1. The van der Waals surface area contributed by atoms with Crippen LogP contribution in [0.3, 0.4) is 0 Å². The van der Waals surface area contributed by atoms with Gasteiger partial charge in [0.15, 0.2) is 0 Å². The van der Waals surface area contributed by atoms with Gasteiger partial charge in [-0.1, -0.05) is 19.8 Å². The summed E-state index contributed by atoms with van der Waals surface area (Å²) in [5.74, 6) is 0.415. The van der Waals surface area contributed by atoms with Gasteiger partial charge in [0.2, 0.25) is 0 Å². The smallest absolute Gasteiger partial charge is 0.140 e. The van der Waals surface area contributed by atoms with Gasteiger partial charge in [0.05, 0.1) is 0 Å². The highest BCUT2D eigenvalue weighted by atomic mass is 16.1. The van der Waals surface area contributed by atoms with Crippen molar-refractivity contribution in [1.82, 2.24) is 0 Å². The number of ketones is 1. The number of rotatable bonds is 5. The highest BCUT2D eigenvalue weighted by Crippen LogP contribution is 2.41. The quantitative estimate of drug-likeness (QED) is 0.682. The van der Waals surface area contributed by atoms with Crippen molar-refractivity contribution in [3.8, 4) is 0 Å². The van der Waals surface area contributed by atoms with Gasteiger partial charge >= 0.3 is 0 Å². The monoisotopic (exact) mass is 169 g/mol. The average molecular weight is 169 g/mol. The lowest BCUT2D eigenvalue weighted by Crippen LogP contribution is -2.44. The highest BCUT2D eigenvalue weighted by Gasteiger charge is 2.41. The van der Waals surface area contributed by atoms with Crippen LogP contribution in [0.15, 0.2) is 0 Å². The summed E-state index contributed by atoms with van der Waals surface area (Å²) in [4.78, 5) is 11.7. The third-order valence-corrected chi connectivity index (χ3v) is 3.05. The van der Waals surface area contributed by atoms with Crippen LogP contribution in [-0.2, 0) is 4.79 Å². The zero-order chi connectivity index (χ0) is 9.03. The zero-order valence-corrected chi connectivity index (χ0v) is 7.94. The molecule has 0 aliphatic heterocycles. The van der Waals surface area contributed by atoms with E-state index in [0.29, 0.717) is 12.3 Å². The van der Waals surface area contributed by atoms with E-state index in [-0.39, 0.29) is 5.41 Å². The van der Waals surface area contributed by atoms with Gasteiger partial charge < -0.3 is 5.73 Å². The van der Waals surface area contributed by atoms with Crippen LogP contribution in [0.4, 0.5) is 0 Å². The van der Waals surface area contributed by atoms with Gasteiger partial charge in [-0.3, -0.25) is 4.79 Å². The van der Waals surface area contributed by atoms with E-state index in [1.165, 1.54) is 6.42 Å². The van der Waals surface area contributed by atoms with Crippen molar-refractivity contribution in [3.05, 3.63) is 0 Å². The van der Waals surface area contributed by atoms with Crippen LogP contribution >= 0.6 is 0 Å². The average Bonchev–Trinajstić information content (AvgIpc) is 2.00. The SMILES string of the molecule is CCCCC(=O)C1(CN)CCC1. The molecule has 1 aliphatic carbocycles. The molecule has 1 aliphatic rings. The van der Waals surface area contributed by atoms with E-state index >= 15 is 0 Å². The first-order valence-corrected chi connectivity index (χ1v) is 4.98. The largest absolute Gasteiger partial charge is 0.329 e. The van der Waals surface area contributed by atoms with Crippen molar-refractivity contribution in [2.45, 2.75) is 45.4 Å². The van der Waals surface area contributed by atoms with Crippen LogP contribution in [-0.4, -0.2) is 12.3 Å². The maximum Gasteiger partial charge on any atom is 0.140 e. The molecule has 2 heteroatoms. The lowest BCUT2D eigenvalue weighted by atomic mass is 9.65. The first kappa shape index (κ1) is 9.72. The van der Waals surface area contributed by atoms with Crippen LogP contribution in [0.25, 0.3) is 0 Å². The molecule has 0 saturated heterocycles. The minimum absolute atomic E-state index is 0.0881. The number of carbonyl (C=O) groups is 1. The highest BCUT2D eigenvalue weighted by molar-refractivity contribution is 5.85. The van der Waals surface area contributed by atoms with E-state index in [9.17, 15) is 4.79 Å². The lowest BCUT2D eigenvalue weighted by molar-refractivity contribution is -0.132. The molecular formula is C10H19NO. The van der Waals surface area contributed by atoms with E-state index in [2.05, 4.69) is 6.92 Å². The van der Waals surface area contributed by atoms with E-state index in [0.717, 1.165) is 32.1 Å². The molecule has 0 amide bonds. The van der Waals surface area contributed by atoms with E-state index in [1.54, 1.807) is 0 Å². The molecule has 0 radical (unpaired) electrons. The van der Waals surface area contributed by atoms with Crippen LogP contribution in [0.5, 0.6) is 0 Å². The summed E-state index contributed by atoms with van der Waals surface area (Å²) < 4.78 is 0. The molecular weight excluding hydrogens is 150 g/mol. The summed E-state index contributed by atoms with van der Waals surface area (Å²) in [6, 6.07) is 0. The standard InChI is InChI=1S/C10H19NO/c1-2-3-5-9(12)10(8-11)6-4-7-10/h2-8,11H2,1H3. The molecule has 0 heterocycles. The second-order valence-electron chi connectivity index (χ2n) is 3.86. The Morgan fingerprint density at radius 1 is 1.50 bits per heavy atom. The molecule has 0 atom stereocenters. The topological polar surface area (TPSA) is 43.1 Å². The van der Waals surface area contributed by atoms with Gasteiger partial charge in [-0.2, -0.15) is 0 Å². The predicted molar refractivity (Wildman–Crippen MR) is 49.9 cm³/mol. The third-order valence-electron chi connectivity index (χ3n) is 3.05. The first-order chi connectivity index (χ1) is 5.75. The van der Waals surface area contributed by atoms with Gasteiger partial charge in [0.1, 0.15) is 5.78 Å². The molecule has 0 bridgehead atoms. The van der Waals surface area contributed by atoms with E-state index in [4.69, 9.17) is 5.73 Å². The van der Waals surface area contributed by atoms with E-state index in [1.807, 2.05) is 0 Å². The van der Waals surface area contributed by atoms with Crippen molar-refractivity contribution in [2.75, 3.05) is 6.54 Å². The fraction of sp³-hybridized carbons (Fsp3) is 0.900. The number of unbranched alkanes of at least 4 members (excludes halogenated alkanes) is 1. The molecule has 2 N–H and O–H groups in total. The molecule has 1 saturated carbocycles. The maximum atomic E-state index is 11.7. The van der Waals surface area contributed by atoms with Crippen LogP contribution in [0.1, 0.15) is 45.4 Å². The summed E-state index contributed by atoms with van der Waals surface area (Å²) in [6.45, 7) is 2.68. The van der Waals surface area contributed by atoms with E-state index < -0.39 is 0 Å². The Labute approximate surface area is 74.5 Å². The van der Waals surface area contributed by atoms with Gasteiger partial charge in [-0.25, -0.2) is 0 Å². The molecule has 1 fully saturated rings. The van der Waals surface area contributed by atoms with Gasteiger partial charge in [-0.05, 0) is 19.3 Å². The summed E-state index contributed by atoms with van der Waals surface area (Å²) in [6.07, 6.45) is 6.13. The molecule has 70 valence electrons. The molecule has 1 rings (SSSR count). The Morgan fingerprint density at radius 3 is 2.50 bits per heavy atom. The van der Waals surface area contributed by atoms with Crippen LogP contribution < -0.4 is 5.73 Å². The number of Topliss-reactive ketones (excluding diaryl/α,β-unsaturated/α-hetero) is 1. The van der Waals surface area contributed by atoms with Crippen molar-refractivity contribution < 1.29 is 4.79 Å². The minimum Gasteiger partial charge on any atom is -0.329 e. The Hall–Kier alpha value is -0.370. The molecule has 0 spiro atoms. The zero-order valence-electron chi connectivity index (χ0n) is 7.94. The Morgan fingerprint density at radius 2 is 2.17 bits per heavy atom. The van der Waals surface area contributed by atoms with Crippen molar-refractivity contribution in [3.63, 3.8) is 0 Å². The second-order valence-corrected chi connectivity index (χ2v) is 3.86. The molecule has 0 aromatic rings. The summed E-state index contributed by atoms with van der Waals surface area (Å²) >= 11 is 0. The van der Waals surface area contributed by atoms with Gasteiger partial charge in [0, 0.05) is 18.4 Å². The Bertz CT molecular complexity index is 156. The van der Waals surface area contributed by atoms with Gasteiger partial charge in [-0.15, -0.1) is 0 Å². The summed E-state index contributed by atoms with van der Waals surface area (Å²) in [7, 11) is 0. The maximum absolute atomic E-state index is 11.7. The van der Waals surface area contributed by atoms with Crippen LogP contribution in [0, 0.1) is 5.41 Å². The second kappa shape index (κ2) is 4.04. The predicted octanol–water partition coefficient (Wildman–Crippen LogP) is 1.87. The number of hydrogen-bond donors (Lipinski definition) is 1. The summed E-state index contributed by atoms with van der Waals surface area (Å²) in [5.41, 5.74) is 5.53. The molecule has 0 aromatic heterocycles. The number of nitrogens with two attached hydrogens (primary N) is 1. The molecule has 0 unspecified atom stereocenters. The normalized spacial score (nSPS) is 20.2. The summed E-state index contributed by atoms with van der Waals surface area (Å²) in [5, 5.41) is 0. The van der Waals surface area contributed by atoms with Crippen molar-refractivity contribution in [2.24, 2.45) is 11.1 Å². The first-order valence-electron chi connectivity index (χ1n) is 4.98. The fourth-order valence-corrected chi connectivity index (χ4v) is 1.80. The molecule has 2 nitrogen and oxygen atoms in total. The minimum atomic E-state index is -0.0881. The third kappa shape index (κ3) is 1.69. The van der Waals surface area contributed by atoms with Crippen molar-refractivity contribution >= 4 is 5.78 Å².